The Morgan fingerprint density at radius 2 is 1.94 bits per heavy atom. The molecule has 1 rings (SSSR count). The lowest BCUT2D eigenvalue weighted by Crippen LogP contribution is -2.06. The number of thiol groups is 1. The summed E-state index contributed by atoms with van der Waals surface area (Å²) in [7, 11) is 4.36. The standard InChI is InChI=1S/C11H14O4S/c1-13-8-4-7(6-16)10(14-2)9(5-8)11(12)15-3/h4-5,16H,6H2,1-3H3. The number of esters is 1. The number of benzene rings is 1. The summed E-state index contributed by atoms with van der Waals surface area (Å²) in [5.74, 6) is 1.04. The Balaban J connectivity index is 3.36. The number of hydrogen-bond donors (Lipinski definition) is 1. The Kier molecular flexibility index (Phi) is 4.49. The van der Waals surface area contributed by atoms with Crippen molar-refractivity contribution in [3.05, 3.63) is 23.3 Å². The second-order valence-corrected chi connectivity index (χ2v) is 3.33. The molecular weight excluding hydrogens is 228 g/mol. The molecule has 0 aliphatic heterocycles. The molecule has 0 saturated heterocycles. The minimum Gasteiger partial charge on any atom is -0.497 e. The maximum absolute atomic E-state index is 11.5. The molecule has 0 radical (unpaired) electrons. The van der Waals surface area contributed by atoms with Gasteiger partial charge in [-0.25, -0.2) is 4.79 Å². The lowest BCUT2D eigenvalue weighted by molar-refractivity contribution is 0.0596. The molecule has 0 heterocycles. The largest absolute Gasteiger partial charge is 0.497 e. The Hall–Kier alpha value is -1.36. The lowest BCUT2D eigenvalue weighted by Gasteiger charge is -2.13. The first-order chi connectivity index (χ1) is 7.67. The molecule has 0 aliphatic rings. The summed E-state index contributed by atoms with van der Waals surface area (Å²) in [4.78, 5) is 11.5. The van der Waals surface area contributed by atoms with E-state index in [1.807, 2.05) is 0 Å². The Bertz CT molecular complexity index is 390. The van der Waals surface area contributed by atoms with Crippen LogP contribution in [0.15, 0.2) is 12.1 Å². The van der Waals surface area contributed by atoms with Crippen molar-refractivity contribution in [3.8, 4) is 11.5 Å². The van der Waals surface area contributed by atoms with Crippen LogP contribution in [-0.4, -0.2) is 27.3 Å². The zero-order valence-corrected chi connectivity index (χ0v) is 10.3. The summed E-state index contributed by atoms with van der Waals surface area (Å²) in [6, 6.07) is 3.36. The fourth-order valence-corrected chi connectivity index (χ4v) is 1.63. The molecule has 0 unspecified atom stereocenters. The molecule has 4 nitrogen and oxygen atoms in total. The van der Waals surface area contributed by atoms with Crippen molar-refractivity contribution in [2.75, 3.05) is 21.3 Å². The van der Waals surface area contributed by atoms with Crippen LogP contribution in [0.5, 0.6) is 11.5 Å². The van der Waals surface area contributed by atoms with Crippen molar-refractivity contribution in [1.82, 2.24) is 0 Å². The molecule has 88 valence electrons. The number of carbonyl (C=O) groups excluding carboxylic acids is 1. The van der Waals surface area contributed by atoms with Gasteiger partial charge in [0.1, 0.15) is 17.1 Å². The van der Waals surface area contributed by atoms with E-state index in [9.17, 15) is 4.79 Å². The second kappa shape index (κ2) is 5.65. The topological polar surface area (TPSA) is 44.8 Å². The number of methoxy groups -OCH3 is 3. The van der Waals surface area contributed by atoms with Gasteiger partial charge >= 0.3 is 5.97 Å². The summed E-state index contributed by atoms with van der Waals surface area (Å²) in [5.41, 5.74) is 1.12. The molecule has 1 aromatic rings. The number of carbonyl (C=O) groups is 1. The minimum absolute atomic E-state index is 0.341. The van der Waals surface area contributed by atoms with E-state index in [0.717, 1.165) is 5.56 Å². The van der Waals surface area contributed by atoms with Crippen molar-refractivity contribution < 1.29 is 19.0 Å². The van der Waals surface area contributed by atoms with Crippen LogP contribution in [0.25, 0.3) is 0 Å². The van der Waals surface area contributed by atoms with Crippen molar-refractivity contribution in [2.24, 2.45) is 0 Å². The average molecular weight is 242 g/mol. The van der Waals surface area contributed by atoms with Crippen molar-refractivity contribution in [1.29, 1.82) is 0 Å². The van der Waals surface area contributed by atoms with Gasteiger partial charge in [-0.3, -0.25) is 0 Å². The molecule has 0 aliphatic carbocycles. The molecule has 16 heavy (non-hydrogen) atoms. The van der Waals surface area contributed by atoms with E-state index < -0.39 is 5.97 Å². The average Bonchev–Trinajstić information content (AvgIpc) is 2.35. The third-order valence-corrected chi connectivity index (χ3v) is 2.50. The summed E-state index contributed by atoms with van der Waals surface area (Å²) < 4.78 is 15.0. The van der Waals surface area contributed by atoms with Crippen LogP contribution in [0.1, 0.15) is 15.9 Å². The quantitative estimate of drug-likeness (QED) is 0.647. The highest BCUT2D eigenvalue weighted by molar-refractivity contribution is 7.79. The van der Waals surface area contributed by atoms with Crippen molar-refractivity contribution in [3.63, 3.8) is 0 Å². The van der Waals surface area contributed by atoms with Crippen LogP contribution in [0.3, 0.4) is 0 Å². The number of ether oxygens (including phenoxy) is 3. The third kappa shape index (κ3) is 2.41. The van der Waals surface area contributed by atoms with E-state index in [1.54, 1.807) is 12.1 Å². The van der Waals surface area contributed by atoms with Gasteiger partial charge in [0.25, 0.3) is 0 Å². The number of hydrogen-bond acceptors (Lipinski definition) is 5. The molecule has 0 saturated carbocycles. The molecule has 0 spiro atoms. The first-order valence-corrected chi connectivity index (χ1v) is 5.25. The van der Waals surface area contributed by atoms with Crippen molar-refractivity contribution in [2.45, 2.75) is 5.75 Å². The normalized spacial score (nSPS) is 9.75. The van der Waals surface area contributed by atoms with E-state index >= 15 is 0 Å². The van der Waals surface area contributed by atoms with Gasteiger partial charge in [0.05, 0.1) is 21.3 Å². The first-order valence-electron chi connectivity index (χ1n) is 4.62. The highest BCUT2D eigenvalue weighted by Crippen LogP contribution is 2.30. The van der Waals surface area contributed by atoms with Crippen LogP contribution < -0.4 is 9.47 Å². The lowest BCUT2D eigenvalue weighted by atomic mass is 10.1. The molecule has 0 bridgehead atoms. The van der Waals surface area contributed by atoms with Gasteiger partial charge in [-0.05, 0) is 12.1 Å². The van der Waals surface area contributed by atoms with Gasteiger partial charge in [0.2, 0.25) is 0 Å². The Morgan fingerprint density at radius 3 is 2.38 bits per heavy atom. The van der Waals surface area contributed by atoms with Gasteiger partial charge in [-0.15, -0.1) is 0 Å². The van der Waals surface area contributed by atoms with Gasteiger partial charge in [0, 0.05) is 11.3 Å². The second-order valence-electron chi connectivity index (χ2n) is 3.02. The molecule has 0 atom stereocenters. The van der Waals surface area contributed by atoms with E-state index in [-0.39, 0.29) is 0 Å². The summed E-state index contributed by atoms with van der Waals surface area (Å²) in [5, 5.41) is 0. The van der Waals surface area contributed by atoms with Crippen LogP contribution in [0.4, 0.5) is 0 Å². The van der Waals surface area contributed by atoms with Crippen LogP contribution in [0.2, 0.25) is 0 Å². The molecular formula is C11H14O4S. The zero-order chi connectivity index (χ0) is 12.1. The highest BCUT2D eigenvalue weighted by Gasteiger charge is 2.17. The van der Waals surface area contributed by atoms with E-state index in [2.05, 4.69) is 17.4 Å². The predicted octanol–water partition coefficient (Wildman–Crippen LogP) is 1.92. The fourth-order valence-electron chi connectivity index (χ4n) is 1.40. The minimum atomic E-state index is -0.459. The van der Waals surface area contributed by atoms with Gasteiger partial charge < -0.3 is 14.2 Å². The molecule has 0 fully saturated rings. The van der Waals surface area contributed by atoms with Crippen molar-refractivity contribution >= 4 is 18.6 Å². The van der Waals surface area contributed by atoms with E-state index in [0.29, 0.717) is 22.8 Å². The van der Waals surface area contributed by atoms with Gasteiger partial charge in [-0.1, -0.05) is 0 Å². The Morgan fingerprint density at radius 1 is 1.25 bits per heavy atom. The van der Waals surface area contributed by atoms with Crippen LogP contribution >= 0.6 is 12.6 Å². The summed E-state index contributed by atoms with van der Waals surface area (Å²) in [6.45, 7) is 0. The summed E-state index contributed by atoms with van der Waals surface area (Å²) in [6.07, 6.45) is 0. The fraction of sp³-hybridized carbons (Fsp3) is 0.364. The predicted molar refractivity (Wildman–Crippen MR) is 63.6 cm³/mol. The van der Waals surface area contributed by atoms with E-state index in [4.69, 9.17) is 9.47 Å². The zero-order valence-electron chi connectivity index (χ0n) is 9.44. The number of rotatable bonds is 4. The molecule has 5 heteroatoms. The Labute approximate surface area is 99.9 Å². The molecule has 0 N–H and O–H groups in total. The molecule has 1 aromatic carbocycles. The smallest absolute Gasteiger partial charge is 0.341 e. The molecule has 0 amide bonds. The highest BCUT2D eigenvalue weighted by atomic mass is 32.1. The monoisotopic (exact) mass is 242 g/mol. The summed E-state index contributed by atoms with van der Waals surface area (Å²) >= 11 is 4.18. The maximum atomic E-state index is 11.5. The molecule has 0 aromatic heterocycles. The van der Waals surface area contributed by atoms with E-state index in [1.165, 1.54) is 21.3 Å². The van der Waals surface area contributed by atoms with Crippen LogP contribution in [0, 0.1) is 0 Å². The van der Waals surface area contributed by atoms with Gasteiger partial charge in [0.15, 0.2) is 0 Å². The van der Waals surface area contributed by atoms with Gasteiger partial charge in [-0.2, -0.15) is 12.6 Å². The van der Waals surface area contributed by atoms with Crippen LogP contribution in [-0.2, 0) is 10.5 Å². The maximum Gasteiger partial charge on any atom is 0.341 e. The SMILES string of the molecule is COC(=O)c1cc(OC)cc(CS)c1OC. The first kappa shape index (κ1) is 12.7. The third-order valence-electron chi connectivity index (χ3n) is 2.15.